The fraction of sp³-hybridized carbons (Fsp3) is 0.400. The molecule has 0 radical (unpaired) electrons. The Kier molecular flexibility index (Phi) is 7.21. The Morgan fingerprint density at radius 3 is 2.44 bits per heavy atom. The van der Waals surface area contributed by atoms with Gasteiger partial charge in [-0.2, -0.15) is 13.2 Å². The van der Waals surface area contributed by atoms with Crippen LogP contribution in [0.4, 0.5) is 24.5 Å². The fourth-order valence-electron chi connectivity index (χ4n) is 4.74. The summed E-state index contributed by atoms with van der Waals surface area (Å²) in [6, 6.07) is 8.31. The number of piperazine rings is 1. The van der Waals surface area contributed by atoms with Crippen LogP contribution in [-0.4, -0.2) is 60.0 Å². The number of fused-ring (bicyclic) bond motifs is 1. The van der Waals surface area contributed by atoms with Crippen LogP contribution in [-0.2, 0) is 12.7 Å². The minimum atomic E-state index is -4.64. The molecule has 11 heteroatoms. The van der Waals surface area contributed by atoms with Crippen LogP contribution in [0.5, 0.6) is 5.75 Å². The Labute approximate surface area is 206 Å². The van der Waals surface area contributed by atoms with Gasteiger partial charge in [-0.3, -0.25) is 19.8 Å². The quantitative estimate of drug-likeness (QED) is 0.244. The number of aromatic nitrogens is 1. The molecule has 0 N–H and O–H groups in total. The molecule has 192 valence electrons. The molecule has 1 aliphatic heterocycles. The van der Waals surface area contributed by atoms with E-state index >= 15 is 0 Å². The molecular weight excluding hydrogens is 477 g/mol. The van der Waals surface area contributed by atoms with Crippen LogP contribution in [0, 0.1) is 10.1 Å². The van der Waals surface area contributed by atoms with Crippen molar-refractivity contribution in [1.29, 1.82) is 0 Å². The summed E-state index contributed by atoms with van der Waals surface area (Å²) in [5.74, 6) is 0.687. The van der Waals surface area contributed by atoms with E-state index < -0.39 is 22.4 Å². The van der Waals surface area contributed by atoms with Crippen LogP contribution < -0.4 is 9.64 Å². The average molecular weight is 505 g/mol. The van der Waals surface area contributed by atoms with Gasteiger partial charge in [0.25, 0.3) is 5.69 Å². The number of hydrogen-bond acceptors (Lipinski definition) is 6. The van der Waals surface area contributed by atoms with Crippen molar-refractivity contribution in [3.63, 3.8) is 0 Å². The third-order valence-corrected chi connectivity index (χ3v) is 6.55. The zero-order valence-electron chi connectivity index (χ0n) is 20.0. The van der Waals surface area contributed by atoms with E-state index in [1.54, 1.807) is 18.9 Å². The van der Waals surface area contributed by atoms with Crippen molar-refractivity contribution in [2.24, 2.45) is 0 Å². The molecule has 0 amide bonds. The lowest BCUT2D eigenvalue weighted by molar-refractivity contribution is -0.384. The van der Waals surface area contributed by atoms with E-state index in [0.29, 0.717) is 50.1 Å². The highest BCUT2D eigenvalue weighted by Gasteiger charge is 2.34. The van der Waals surface area contributed by atoms with Crippen LogP contribution >= 0.6 is 0 Å². The Morgan fingerprint density at radius 1 is 1.11 bits per heavy atom. The van der Waals surface area contributed by atoms with Gasteiger partial charge in [0, 0.05) is 55.9 Å². The summed E-state index contributed by atoms with van der Waals surface area (Å²) in [5.41, 5.74) is 0.169. The lowest BCUT2D eigenvalue weighted by Crippen LogP contribution is -2.47. The maximum absolute atomic E-state index is 13.0. The first-order valence-corrected chi connectivity index (χ1v) is 11.6. The van der Waals surface area contributed by atoms with Crippen LogP contribution in [0.3, 0.4) is 0 Å². The molecule has 0 unspecified atom stereocenters. The van der Waals surface area contributed by atoms with Crippen molar-refractivity contribution in [3.05, 3.63) is 63.8 Å². The fourth-order valence-corrected chi connectivity index (χ4v) is 4.74. The van der Waals surface area contributed by atoms with Gasteiger partial charge < -0.3 is 14.2 Å². The number of alkyl halides is 3. The van der Waals surface area contributed by atoms with Gasteiger partial charge in [0.15, 0.2) is 5.78 Å². The third kappa shape index (κ3) is 5.15. The second-order valence-corrected chi connectivity index (χ2v) is 8.79. The summed E-state index contributed by atoms with van der Waals surface area (Å²) in [6.07, 6.45) is -1.97. The van der Waals surface area contributed by atoms with Gasteiger partial charge in [-0.15, -0.1) is 0 Å². The molecule has 4 rings (SSSR count). The van der Waals surface area contributed by atoms with Crippen LogP contribution in [0.1, 0.15) is 29.3 Å². The molecule has 2 heterocycles. The Bertz CT molecular complexity index is 1280. The SMILES string of the molecule is COc1cccc2c(C(C)=O)cn(CCCN3CCN(c4ccc(C(F)(F)F)cc4[N+](=O)[O-])CC3)c12. The van der Waals surface area contributed by atoms with E-state index in [4.69, 9.17) is 4.74 Å². The van der Waals surface area contributed by atoms with E-state index in [9.17, 15) is 28.1 Å². The molecule has 0 saturated carbocycles. The van der Waals surface area contributed by atoms with Gasteiger partial charge in [0.05, 0.1) is 23.1 Å². The lowest BCUT2D eigenvalue weighted by atomic mass is 10.1. The number of anilines is 1. The minimum Gasteiger partial charge on any atom is -0.495 e. The predicted octanol–water partition coefficient (Wildman–Crippen LogP) is 4.99. The number of rotatable bonds is 8. The van der Waals surface area contributed by atoms with Crippen molar-refractivity contribution in [1.82, 2.24) is 9.47 Å². The van der Waals surface area contributed by atoms with Crippen molar-refractivity contribution in [3.8, 4) is 5.75 Å². The summed E-state index contributed by atoms with van der Waals surface area (Å²) < 4.78 is 46.5. The van der Waals surface area contributed by atoms with E-state index in [1.165, 1.54) is 6.07 Å². The van der Waals surface area contributed by atoms with Crippen molar-refractivity contribution >= 4 is 28.1 Å². The molecule has 3 aromatic rings. The number of para-hydroxylation sites is 1. The van der Waals surface area contributed by atoms with E-state index in [-0.39, 0.29) is 11.5 Å². The molecule has 8 nitrogen and oxygen atoms in total. The van der Waals surface area contributed by atoms with Gasteiger partial charge in [-0.1, -0.05) is 12.1 Å². The molecule has 0 bridgehead atoms. The molecule has 1 fully saturated rings. The monoisotopic (exact) mass is 504 g/mol. The second-order valence-electron chi connectivity index (χ2n) is 8.79. The highest BCUT2D eigenvalue weighted by atomic mass is 19.4. The smallest absolute Gasteiger partial charge is 0.416 e. The normalized spacial score (nSPS) is 14.9. The van der Waals surface area contributed by atoms with E-state index in [1.807, 2.05) is 29.0 Å². The molecular formula is C25H27F3N4O4. The first-order valence-electron chi connectivity index (χ1n) is 11.6. The molecule has 1 aliphatic rings. The molecule has 2 aromatic carbocycles. The summed E-state index contributed by atoms with van der Waals surface area (Å²) in [7, 11) is 1.60. The second kappa shape index (κ2) is 10.2. The Balaban J connectivity index is 1.39. The number of benzene rings is 2. The number of nitro benzene ring substituents is 1. The number of nitrogens with zero attached hydrogens (tertiary/aromatic N) is 4. The van der Waals surface area contributed by atoms with Gasteiger partial charge >= 0.3 is 6.18 Å². The highest BCUT2D eigenvalue weighted by Crippen LogP contribution is 2.37. The number of Topliss-reactive ketones (excluding diaryl/α,β-unsaturated/α-hetero) is 1. The number of methoxy groups -OCH3 is 1. The van der Waals surface area contributed by atoms with E-state index in [2.05, 4.69) is 4.90 Å². The minimum absolute atomic E-state index is 0.0134. The molecule has 0 aliphatic carbocycles. The Morgan fingerprint density at radius 2 is 1.83 bits per heavy atom. The van der Waals surface area contributed by atoms with Gasteiger partial charge in [0.2, 0.25) is 0 Å². The number of nitro groups is 1. The zero-order valence-corrected chi connectivity index (χ0v) is 20.0. The molecule has 1 saturated heterocycles. The summed E-state index contributed by atoms with van der Waals surface area (Å²) in [4.78, 5) is 26.8. The Hall–Kier alpha value is -3.60. The van der Waals surface area contributed by atoms with Crippen molar-refractivity contribution < 1.29 is 27.6 Å². The number of ether oxygens (including phenoxy) is 1. The van der Waals surface area contributed by atoms with Crippen molar-refractivity contribution in [2.75, 3.05) is 44.7 Å². The largest absolute Gasteiger partial charge is 0.495 e. The number of carbonyl (C=O) groups excluding carboxylic acids is 1. The molecule has 1 aromatic heterocycles. The number of ketones is 1. The lowest BCUT2D eigenvalue weighted by Gasteiger charge is -2.36. The first-order chi connectivity index (χ1) is 17.1. The average Bonchev–Trinajstić information content (AvgIpc) is 3.23. The molecule has 0 atom stereocenters. The third-order valence-electron chi connectivity index (χ3n) is 6.55. The van der Waals surface area contributed by atoms with Crippen LogP contribution in [0.2, 0.25) is 0 Å². The summed E-state index contributed by atoms with van der Waals surface area (Å²) in [5, 5.41) is 12.3. The summed E-state index contributed by atoms with van der Waals surface area (Å²) in [6.45, 7) is 5.20. The standard InChI is InChI=1S/C25H27F3N4O4/c1-17(33)20-16-31(24-19(20)5-3-6-23(24)36-2)10-4-9-29-11-13-30(14-12-29)21-8-7-18(25(26,27)28)15-22(21)32(34)35/h3,5-8,15-16H,4,9-14H2,1-2H3. The molecule has 0 spiro atoms. The highest BCUT2D eigenvalue weighted by molar-refractivity contribution is 6.08. The topological polar surface area (TPSA) is 80.8 Å². The summed E-state index contributed by atoms with van der Waals surface area (Å²) >= 11 is 0. The van der Waals surface area contributed by atoms with Gasteiger partial charge in [-0.05, 0) is 38.1 Å². The van der Waals surface area contributed by atoms with E-state index in [0.717, 1.165) is 29.9 Å². The molecule has 36 heavy (non-hydrogen) atoms. The number of aryl methyl sites for hydroxylation is 1. The number of carbonyl (C=O) groups is 1. The van der Waals surface area contributed by atoms with Gasteiger partial charge in [-0.25, -0.2) is 0 Å². The maximum Gasteiger partial charge on any atom is 0.416 e. The van der Waals surface area contributed by atoms with Crippen LogP contribution in [0.25, 0.3) is 10.9 Å². The van der Waals surface area contributed by atoms with Gasteiger partial charge in [0.1, 0.15) is 11.4 Å². The number of halogens is 3. The zero-order chi connectivity index (χ0) is 26.0. The van der Waals surface area contributed by atoms with Crippen molar-refractivity contribution in [2.45, 2.75) is 26.1 Å². The number of hydrogen-bond donors (Lipinski definition) is 0. The maximum atomic E-state index is 13.0. The van der Waals surface area contributed by atoms with Crippen LogP contribution in [0.15, 0.2) is 42.6 Å². The predicted molar refractivity (Wildman–Crippen MR) is 130 cm³/mol. The first kappa shape index (κ1) is 25.5.